The second-order valence-electron chi connectivity index (χ2n) is 4.76. The molecule has 6 heteroatoms. The van der Waals surface area contributed by atoms with Gasteiger partial charge >= 0.3 is 0 Å². The highest BCUT2D eigenvalue weighted by atomic mass is 35.5. The number of halogens is 1. The van der Waals surface area contributed by atoms with Crippen LogP contribution in [0.25, 0.3) is 16.3 Å². The summed E-state index contributed by atoms with van der Waals surface area (Å²) in [6.45, 7) is 0. The summed E-state index contributed by atoms with van der Waals surface area (Å²) in [6, 6.07) is 11.8. The van der Waals surface area contributed by atoms with Crippen LogP contribution < -0.4 is 10.1 Å². The molecule has 110 valence electrons. The van der Waals surface area contributed by atoms with Gasteiger partial charge in [-0.05, 0) is 30.3 Å². The third-order valence-corrected chi connectivity index (χ3v) is 5.52. The van der Waals surface area contributed by atoms with Crippen LogP contribution >= 0.6 is 34.7 Å². The van der Waals surface area contributed by atoms with E-state index in [1.807, 2.05) is 36.4 Å². The summed E-state index contributed by atoms with van der Waals surface area (Å²) >= 11 is 9.38. The molecule has 0 saturated carbocycles. The van der Waals surface area contributed by atoms with Crippen molar-refractivity contribution in [3.05, 3.63) is 51.5 Å². The van der Waals surface area contributed by atoms with Gasteiger partial charge < -0.3 is 10.1 Å². The zero-order chi connectivity index (χ0) is 15.1. The van der Waals surface area contributed by atoms with Crippen molar-refractivity contribution >= 4 is 56.7 Å². The van der Waals surface area contributed by atoms with E-state index in [-0.39, 0.29) is 0 Å². The lowest BCUT2D eigenvalue weighted by atomic mass is 10.3. The summed E-state index contributed by atoms with van der Waals surface area (Å²) in [5.74, 6) is 0.826. The van der Waals surface area contributed by atoms with Crippen molar-refractivity contribution in [3.63, 3.8) is 0 Å². The number of nitrogens with zero attached hydrogens (tertiary/aromatic N) is 1. The normalized spacial score (nSPS) is 15.1. The summed E-state index contributed by atoms with van der Waals surface area (Å²) in [5.41, 5.74) is 2.01. The molecule has 0 saturated heterocycles. The Morgan fingerprint density at radius 2 is 2.14 bits per heavy atom. The number of thiazole rings is 1. The number of nitrogens with one attached hydrogen (secondary N) is 1. The first kappa shape index (κ1) is 13.9. The molecule has 0 radical (unpaired) electrons. The fraction of sp³-hybridized carbons (Fsp3) is 0.0625. The van der Waals surface area contributed by atoms with Crippen molar-refractivity contribution in [2.75, 3.05) is 12.4 Å². The molecular weight excluding hydrogens is 336 g/mol. The molecule has 4 rings (SSSR count). The summed E-state index contributed by atoms with van der Waals surface area (Å²) < 4.78 is 6.39. The summed E-state index contributed by atoms with van der Waals surface area (Å²) in [5, 5.41) is 6.14. The first-order valence-corrected chi connectivity index (χ1v) is 8.63. The van der Waals surface area contributed by atoms with Crippen molar-refractivity contribution in [1.29, 1.82) is 0 Å². The Balaban J connectivity index is 1.66. The van der Waals surface area contributed by atoms with E-state index in [4.69, 9.17) is 16.3 Å². The van der Waals surface area contributed by atoms with E-state index >= 15 is 0 Å². The molecule has 3 aromatic rings. The SMILES string of the molecule is COc1ccc2sc(/C=C3/Nc4cc(Cl)ccc4S3)nc2c1. The van der Waals surface area contributed by atoms with Crippen molar-refractivity contribution in [3.8, 4) is 5.75 Å². The van der Waals surface area contributed by atoms with Gasteiger partial charge in [0, 0.05) is 22.1 Å². The van der Waals surface area contributed by atoms with E-state index in [9.17, 15) is 0 Å². The Bertz CT molecular complexity index is 904. The monoisotopic (exact) mass is 346 g/mol. The molecule has 2 aromatic carbocycles. The molecule has 0 spiro atoms. The molecule has 0 fully saturated rings. The largest absolute Gasteiger partial charge is 0.497 e. The molecule has 3 nitrogen and oxygen atoms in total. The van der Waals surface area contributed by atoms with Crippen LogP contribution in [0.2, 0.25) is 5.02 Å². The van der Waals surface area contributed by atoms with Gasteiger partial charge in [0.1, 0.15) is 10.8 Å². The first-order valence-electron chi connectivity index (χ1n) is 6.62. The molecule has 22 heavy (non-hydrogen) atoms. The van der Waals surface area contributed by atoms with Gasteiger partial charge in [0.2, 0.25) is 0 Å². The fourth-order valence-electron chi connectivity index (χ4n) is 2.26. The van der Waals surface area contributed by atoms with E-state index in [2.05, 4.69) is 16.4 Å². The van der Waals surface area contributed by atoms with Crippen LogP contribution in [-0.2, 0) is 0 Å². The van der Waals surface area contributed by atoms with E-state index in [1.165, 1.54) is 4.90 Å². The van der Waals surface area contributed by atoms with Crippen LogP contribution in [0.15, 0.2) is 46.3 Å². The van der Waals surface area contributed by atoms with Gasteiger partial charge in [0.05, 0.1) is 28.0 Å². The Hall–Kier alpha value is -1.69. The molecule has 1 aliphatic rings. The summed E-state index contributed by atoms with van der Waals surface area (Å²) in [4.78, 5) is 5.83. The van der Waals surface area contributed by atoms with E-state index in [1.54, 1.807) is 30.2 Å². The lowest BCUT2D eigenvalue weighted by Gasteiger charge is -1.97. The molecule has 2 heterocycles. The van der Waals surface area contributed by atoms with E-state index in [0.29, 0.717) is 0 Å². The zero-order valence-electron chi connectivity index (χ0n) is 11.6. The van der Waals surface area contributed by atoms with Crippen LogP contribution in [0.1, 0.15) is 5.01 Å². The van der Waals surface area contributed by atoms with Gasteiger partial charge in [-0.15, -0.1) is 11.3 Å². The number of methoxy groups -OCH3 is 1. The van der Waals surface area contributed by atoms with Crippen LogP contribution in [0, 0.1) is 0 Å². The number of anilines is 1. The third-order valence-electron chi connectivity index (χ3n) is 3.29. The molecule has 0 amide bonds. The Kier molecular flexibility index (Phi) is 3.48. The van der Waals surface area contributed by atoms with Crippen LogP contribution in [-0.4, -0.2) is 12.1 Å². The van der Waals surface area contributed by atoms with E-state index in [0.717, 1.165) is 36.7 Å². The third kappa shape index (κ3) is 2.56. The standard InChI is InChI=1S/C16H11ClN2OS2/c1-20-10-3-5-14-12(7-10)19-16(22-14)8-15-18-11-6-9(17)2-4-13(11)21-15/h2-8,18H,1H3/b15-8-. The zero-order valence-corrected chi connectivity index (χ0v) is 14.0. The maximum atomic E-state index is 6.02. The van der Waals surface area contributed by atoms with Crippen LogP contribution in [0.3, 0.4) is 0 Å². The molecule has 0 bridgehead atoms. The number of hydrogen-bond acceptors (Lipinski definition) is 5. The molecule has 1 aromatic heterocycles. The smallest absolute Gasteiger partial charge is 0.121 e. The van der Waals surface area contributed by atoms with E-state index < -0.39 is 0 Å². The van der Waals surface area contributed by atoms with Gasteiger partial charge in [0.15, 0.2) is 0 Å². The minimum Gasteiger partial charge on any atom is -0.497 e. The number of aromatic nitrogens is 1. The highest BCUT2D eigenvalue weighted by Gasteiger charge is 2.16. The van der Waals surface area contributed by atoms with Crippen LogP contribution in [0.4, 0.5) is 5.69 Å². The van der Waals surface area contributed by atoms with Crippen LogP contribution in [0.5, 0.6) is 5.75 Å². The average molecular weight is 347 g/mol. The number of thioether (sulfide) groups is 1. The Morgan fingerprint density at radius 1 is 1.23 bits per heavy atom. The second kappa shape index (κ2) is 5.50. The van der Waals surface area contributed by atoms with Crippen molar-refractivity contribution in [1.82, 2.24) is 4.98 Å². The summed E-state index contributed by atoms with van der Waals surface area (Å²) in [6.07, 6.45) is 2.07. The molecule has 1 aliphatic heterocycles. The molecular formula is C16H11ClN2OS2. The second-order valence-corrected chi connectivity index (χ2v) is 7.34. The van der Waals surface area contributed by atoms with Crippen molar-refractivity contribution in [2.24, 2.45) is 0 Å². The lowest BCUT2D eigenvalue weighted by molar-refractivity contribution is 0.415. The van der Waals surface area contributed by atoms with Crippen molar-refractivity contribution in [2.45, 2.75) is 4.90 Å². The fourth-order valence-corrected chi connectivity index (χ4v) is 4.32. The topological polar surface area (TPSA) is 34.1 Å². The maximum Gasteiger partial charge on any atom is 0.121 e. The number of benzene rings is 2. The number of rotatable bonds is 2. The molecule has 1 N–H and O–H groups in total. The molecule has 0 atom stereocenters. The predicted molar refractivity (Wildman–Crippen MR) is 95.1 cm³/mol. The van der Waals surface area contributed by atoms with Crippen molar-refractivity contribution < 1.29 is 4.74 Å². The summed E-state index contributed by atoms with van der Waals surface area (Å²) in [7, 11) is 1.66. The van der Waals surface area contributed by atoms with Gasteiger partial charge in [-0.25, -0.2) is 4.98 Å². The number of ether oxygens (including phenoxy) is 1. The molecule has 0 unspecified atom stereocenters. The predicted octanol–water partition coefficient (Wildman–Crippen LogP) is 5.47. The first-order chi connectivity index (χ1) is 10.7. The number of hydrogen-bond donors (Lipinski definition) is 1. The highest BCUT2D eigenvalue weighted by Crippen LogP contribution is 2.43. The minimum atomic E-state index is 0.736. The van der Waals surface area contributed by atoms with Gasteiger partial charge in [-0.3, -0.25) is 0 Å². The van der Waals surface area contributed by atoms with Gasteiger partial charge in [-0.2, -0.15) is 0 Å². The Labute approximate surface area is 141 Å². The number of fused-ring (bicyclic) bond motifs is 2. The average Bonchev–Trinajstić information content (AvgIpc) is 3.08. The minimum absolute atomic E-state index is 0.736. The Morgan fingerprint density at radius 3 is 3.00 bits per heavy atom. The maximum absolute atomic E-state index is 6.02. The molecule has 0 aliphatic carbocycles. The van der Waals surface area contributed by atoms with Gasteiger partial charge in [0.25, 0.3) is 0 Å². The quantitative estimate of drug-likeness (QED) is 0.666. The lowest BCUT2D eigenvalue weighted by Crippen LogP contribution is -1.87. The van der Waals surface area contributed by atoms with Gasteiger partial charge in [-0.1, -0.05) is 23.4 Å². The highest BCUT2D eigenvalue weighted by molar-refractivity contribution is 8.03.